The number of hydrogen-bond acceptors (Lipinski definition) is 5. The molecule has 9 nitrogen and oxygen atoms in total. The number of carbonyl (C=O) groups excluding carboxylic acids is 3. The topological polar surface area (TPSA) is 109 Å². The highest BCUT2D eigenvalue weighted by atomic mass is 19.1. The Labute approximate surface area is 180 Å². The van der Waals surface area contributed by atoms with Crippen LogP contribution < -0.4 is 16.0 Å². The van der Waals surface area contributed by atoms with Crippen LogP contribution in [0.3, 0.4) is 0 Å². The summed E-state index contributed by atoms with van der Waals surface area (Å²) in [5, 5.41) is 7.91. The smallest absolute Gasteiger partial charge is 0.317 e. The largest absolute Gasteiger partial charge is 0.357 e. The van der Waals surface area contributed by atoms with Gasteiger partial charge in [0, 0.05) is 39.5 Å². The van der Waals surface area contributed by atoms with E-state index in [9.17, 15) is 18.8 Å². The number of amides is 4. The van der Waals surface area contributed by atoms with E-state index in [-0.39, 0.29) is 18.4 Å². The average molecular weight is 436 g/mol. The van der Waals surface area contributed by atoms with E-state index in [4.69, 9.17) is 9.47 Å². The molecule has 1 saturated heterocycles. The van der Waals surface area contributed by atoms with Gasteiger partial charge in [0.1, 0.15) is 17.4 Å². The molecule has 0 radical (unpaired) electrons. The first kappa shape index (κ1) is 23.0. The number of likely N-dealkylation sites (N-methyl/N-ethyl adjacent to an activating group) is 1. The molecule has 1 aromatic rings. The molecule has 1 atom stereocenters. The number of benzene rings is 1. The molecule has 1 spiro atoms. The lowest BCUT2D eigenvalue weighted by molar-refractivity contribution is -0.187. The van der Waals surface area contributed by atoms with Crippen molar-refractivity contribution in [3.8, 4) is 0 Å². The SMILES string of the molecule is CNC(=O)C(NC(=O)C1(NC(=O)N(C)C)CCC2(CC1)OCCO2)c1ccccc1F. The van der Waals surface area contributed by atoms with E-state index in [1.54, 1.807) is 20.2 Å². The van der Waals surface area contributed by atoms with E-state index >= 15 is 0 Å². The zero-order valence-corrected chi connectivity index (χ0v) is 18.0. The second-order valence-corrected chi connectivity index (χ2v) is 8.06. The van der Waals surface area contributed by atoms with Crippen molar-refractivity contribution < 1.29 is 28.2 Å². The van der Waals surface area contributed by atoms with Crippen molar-refractivity contribution in [1.82, 2.24) is 20.9 Å². The van der Waals surface area contributed by atoms with Crippen molar-refractivity contribution in [3.05, 3.63) is 35.6 Å². The summed E-state index contributed by atoms with van der Waals surface area (Å²) in [7, 11) is 4.55. The minimum absolute atomic E-state index is 0.0408. The van der Waals surface area contributed by atoms with Gasteiger partial charge in [-0.05, 0) is 18.9 Å². The van der Waals surface area contributed by atoms with Crippen LogP contribution in [0.5, 0.6) is 0 Å². The molecule has 0 bridgehead atoms. The molecular weight excluding hydrogens is 407 g/mol. The van der Waals surface area contributed by atoms with E-state index in [1.165, 1.54) is 30.1 Å². The molecule has 1 unspecified atom stereocenters. The van der Waals surface area contributed by atoms with Gasteiger partial charge >= 0.3 is 6.03 Å². The Morgan fingerprint density at radius 3 is 2.23 bits per heavy atom. The number of ether oxygens (including phenoxy) is 2. The van der Waals surface area contributed by atoms with Crippen LogP contribution in [0.25, 0.3) is 0 Å². The minimum atomic E-state index is -1.29. The van der Waals surface area contributed by atoms with Gasteiger partial charge in [-0.25, -0.2) is 9.18 Å². The fourth-order valence-electron chi connectivity index (χ4n) is 3.98. The Bertz CT molecular complexity index is 831. The van der Waals surface area contributed by atoms with Crippen molar-refractivity contribution in [2.24, 2.45) is 0 Å². The predicted octanol–water partition coefficient (Wildman–Crippen LogP) is 1.06. The first-order valence-electron chi connectivity index (χ1n) is 10.3. The lowest BCUT2D eigenvalue weighted by Crippen LogP contribution is -2.64. The lowest BCUT2D eigenvalue weighted by atomic mass is 9.77. The van der Waals surface area contributed by atoms with E-state index in [1.807, 2.05) is 0 Å². The predicted molar refractivity (Wildman–Crippen MR) is 109 cm³/mol. The van der Waals surface area contributed by atoms with Crippen molar-refractivity contribution >= 4 is 17.8 Å². The van der Waals surface area contributed by atoms with Crippen molar-refractivity contribution in [3.63, 3.8) is 0 Å². The second kappa shape index (κ2) is 9.19. The molecule has 10 heteroatoms. The summed E-state index contributed by atoms with van der Waals surface area (Å²) in [5.74, 6) is -2.49. The third-order valence-electron chi connectivity index (χ3n) is 5.87. The van der Waals surface area contributed by atoms with Gasteiger partial charge in [0.15, 0.2) is 5.79 Å². The molecule has 1 saturated carbocycles. The summed E-state index contributed by atoms with van der Waals surface area (Å²) in [6, 6.07) is 4.06. The fraction of sp³-hybridized carbons (Fsp3) is 0.571. The summed E-state index contributed by atoms with van der Waals surface area (Å²) in [6.07, 6.45) is 1.29. The highest BCUT2D eigenvalue weighted by Crippen LogP contribution is 2.40. The number of urea groups is 1. The van der Waals surface area contributed by atoms with Crippen LogP contribution in [0.4, 0.5) is 9.18 Å². The number of nitrogens with zero attached hydrogens (tertiary/aromatic N) is 1. The summed E-state index contributed by atoms with van der Waals surface area (Å²) >= 11 is 0. The van der Waals surface area contributed by atoms with Crippen LogP contribution >= 0.6 is 0 Å². The molecule has 3 N–H and O–H groups in total. The Hall–Kier alpha value is -2.72. The maximum Gasteiger partial charge on any atom is 0.317 e. The summed E-state index contributed by atoms with van der Waals surface area (Å²) in [5.41, 5.74) is -1.25. The van der Waals surface area contributed by atoms with Crippen LogP contribution in [0, 0.1) is 5.82 Å². The summed E-state index contributed by atoms with van der Waals surface area (Å²) in [6.45, 7) is 0.963. The molecule has 1 heterocycles. The molecule has 1 aromatic carbocycles. The molecular formula is C21H29FN4O5. The van der Waals surface area contributed by atoms with Crippen LogP contribution in [0.15, 0.2) is 24.3 Å². The van der Waals surface area contributed by atoms with Gasteiger partial charge in [0.2, 0.25) is 11.8 Å². The van der Waals surface area contributed by atoms with E-state index in [0.29, 0.717) is 26.1 Å². The van der Waals surface area contributed by atoms with Crippen LogP contribution in [-0.4, -0.2) is 68.4 Å². The normalized spacial score (nSPS) is 20.0. The molecule has 1 aliphatic carbocycles. The van der Waals surface area contributed by atoms with Gasteiger partial charge in [-0.2, -0.15) is 0 Å². The van der Waals surface area contributed by atoms with Gasteiger partial charge in [-0.1, -0.05) is 18.2 Å². The highest BCUT2D eigenvalue weighted by Gasteiger charge is 2.51. The van der Waals surface area contributed by atoms with Gasteiger partial charge in [0.25, 0.3) is 0 Å². The van der Waals surface area contributed by atoms with Gasteiger partial charge in [-0.3, -0.25) is 9.59 Å². The summed E-state index contributed by atoms with van der Waals surface area (Å²) in [4.78, 5) is 39.8. The van der Waals surface area contributed by atoms with Crippen molar-refractivity contribution in [1.29, 1.82) is 0 Å². The highest BCUT2D eigenvalue weighted by molar-refractivity contribution is 5.95. The fourth-order valence-corrected chi connectivity index (χ4v) is 3.98. The Kier molecular flexibility index (Phi) is 6.80. The van der Waals surface area contributed by atoms with Gasteiger partial charge in [-0.15, -0.1) is 0 Å². The molecule has 3 rings (SSSR count). The maximum absolute atomic E-state index is 14.4. The van der Waals surface area contributed by atoms with E-state index in [2.05, 4.69) is 16.0 Å². The van der Waals surface area contributed by atoms with Crippen LogP contribution in [0.1, 0.15) is 37.3 Å². The third-order valence-corrected chi connectivity index (χ3v) is 5.87. The number of halogens is 1. The molecule has 31 heavy (non-hydrogen) atoms. The second-order valence-electron chi connectivity index (χ2n) is 8.06. The number of rotatable bonds is 5. The van der Waals surface area contributed by atoms with Crippen LogP contribution in [0.2, 0.25) is 0 Å². The first-order valence-corrected chi connectivity index (χ1v) is 10.3. The molecule has 170 valence electrons. The number of nitrogens with one attached hydrogen (secondary N) is 3. The van der Waals surface area contributed by atoms with Crippen molar-refractivity contribution in [2.75, 3.05) is 34.4 Å². The monoisotopic (exact) mass is 436 g/mol. The molecule has 0 aromatic heterocycles. The zero-order valence-electron chi connectivity index (χ0n) is 18.0. The summed E-state index contributed by atoms with van der Waals surface area (Å²) < 4.78 is 25.9. The van der Waals surface area contributed by atoms with Crippen molar-refractivity contribution in [2.45, 2.75) is 43.1 Å². The van der Waals surface area contributed by atoms with E-state index < -0.39 is 41.0 Å². The lowest BCUT2D eigenvalue weighted by Gasteiger charge is -2.43. The average Bonchev–Trinajstić information content (AvgIpc) is 3.22. The van der Waals surface area contributed by atoms with Gasteiger partial charge < -0.3 is 30.3 Å². The molecule has 2 aliphatic rings. The van der Waals surface area contributed by atoms with Crippen LogP contribution in [-0.2, 0) is 19.1 Å². The maximum atomic E-state index is 14.4. The third kappa shape index (κ3) is 4.80. The quantitative estimate of drug-likeness (QED) is 0.640. The van der Waals surface area contributed by atoms with E-state index in [0.717, 1.165) is 0 Å². The molecule has 4 amide bonds. The zero-order chi connectivity index (χ0) is 22.6. The number of carbonyl (C=O) groups is 3. The standard InChI is InChI=1S/C21H29FN4O5/c1-23-17(27)16(14-6-4-5-7-15(14)22)24-18(28)20(25-19(29)26(2)3)8-10-21(11-9-20)30-12-13-31-21/h4-7,16H,8-13H2,1-3H3,(H,23,27)(H,24,28)(H,25,29). The Morgan fingerprint density at radius 2 is 1.68 bits per heavy atom. The number of hydrogen-bond donors (Lipinski definition) is 3. The molecule has 1 aliphatic heterocycles. The first-order chi connectivity index (χ1) is 14.7. The van der Waals surface area contributed by atoms with Gasteiger partial charge in [0.05, 0.1) is 13.2 Å². The molecule has 2 fully saturated rings. The Balaban J connectivity index is 1.87. The Morgan fingerprint density at radius 1 is 1.06 bits per heavy atom. The minimum Gasteiger partial charge on any atom is -0.357 e.